The molecule has 0 atom stereocenters. The molecule has 2 aromatic heterocycles. The number of nitrogens with zero attached hydrogens (tertiary/aromatic N) is 5. The van der Waals surface area contributed by atoms with E-state index in [0.717, 1.165) is 67.3 Å². The minimum absolute atomic E-state index is 0.470. The summed E-state index contributed by atoms with van der Waals surface area (Å²) >= 11 is 0. The average Bonchev–Trinajstić information content (AvgIpc) is 3.23. The Labute approximate surface area is 183 Å². The molecule has 2 fully saturated rings. The van der Waals surface area contributed by atoms with Crippen molar-refractivity contribution in [2.75, 3.05) is 49.7 Å². The molecule has 2 saturated heterocycles. The second kappa shape index (κ2) is 9.89. The van der Waals surface area contributed by atoms with E-state index in [4.69, 9.17) is 14.8 Å². The summed E-state index contributed by atoms with van der Waals surface area (Å²) in [4.78, 5) is 7.06. The lowest BCUT2D eigenvalue weighted by atomic mass is 9.95. The summed E-state index contributed by atoms with van der Waals surface area (Å²) in [7, 11) is 0. The maximum Gasteiger partial charge on any atom is 0.160 e. The van der Waals surface area contributed by atoms with Gasteiger partial charge in [-0.2, -0.15) is 14.7 Å². The Morgan fingerprint density at radius 2 is 2.06 bits per heavy atom. The van der Waals surface area contributed by atoms with Gasteiger partial charge in [-0.25, -0.2) is 4.98 Å². The monoisotopic (exact) mass is 421 g/mol. The summed E-state index contributed by atoms with van der Waals surface area (Å²) in [5, 5.41) is 12.7. The zero-order chi connectivity index (χ0) is 21.6. The highest BCUT2D eigenvalue weighted by Crippen LogP contribution is 2.28. The number of hydrogen-bond acceptors (Lipinski definition) is 7. The normalized spacial score (nSPS) is 18.6. The molecule has 2 aliphatic rings. The summed E-state index contributed by atoms with van der Waals surface area (Å²) < 4.78 is 7.51. The standard InChI is InChI=1S/C23H31N7O/c1-4-18(13-17(2)3)16-25-27-21-15-23(29-9-11-31-12-10-29)30-22(26-21)14-20(28-30)19-5-7-24-8-6-19/h4,13-16,19,24H,1-2,5-12H2,3H3,(H,26,27)/b18-13+,25-16+. The maximum absolute atomic E-state index is 5.54. The largest absolute Gasteiger partial charge is 0.378 e. The van der Waals surface area contributed by atoms with E-state index in [2.05, 4.69) is 40.0 Å². The Morgan fingerprint density at radius 3 is 2.77 bits per heavy atom. The van der Waals surface area contributed by atoms with Crippen LogP contribution in [0, 0.1) is 0 Å². The van der Waals surface area contributed by atoms with Gasteiger partial charge < -0.3 is 15.0 Å². The molecule has 0 unspecified atom stereocenters. The molecular weight excluding hydrogens is 390 g/mol. The van der Waals surface area contributed by atoms with Gasteiger partial charge in [0.2, 0.25) is 0 Å². The van der Waals surface area contributed by atoms with Crippen LogP contribution in [0.4, 0.5) is 11.6 Å². The third-order valence-corrected chi connectivity index (χ3v) is 5.56. The quantitative estimate of drug-likeness (QED) is 0.406. The fourth-order valence-corrected chi connectivity index (χ4v) is 3.97. The highest BCUT2D eigenvalue weighted by molar-refractivity contribution is 5.83. The van der Waals surface area contributed by atoms with Gasteiger partial charge in [-0.15, -0.1) is 0 Å². The average molecular weight is 422 g/mol. The van der Waals surface area contributed by atoms with Gasteiger partial charge in [0.1, 0.15) is 5.82 Å². The molecule has 0 bridgehead atoms. The number of ether oxygens (including phenoxy) is 1. The van der Waals surface area contributed by atoms with Crippen molar-refractivity contribution in [1.82, 2.24) is 19.9 Å². The van der Waals surface area contributed by atoms with Gasteiger partial charge in [-0.1, -0.05) is 30.9 Å². The van der Waals surface area contributed by atoms with Crippen molar-refractivity contribution >= 4 is 23.5 Å². The fourth-order valence-electron chi connectivity index (χ4n) is 3.97. The van der Waals surface area contributed by atoms with Crippen molar-refractivity contribution in [3.63, 3.8) is 0 Å². The van der Waals surface area contributed by atoms with Crippen molar-refractivity contribution in [1.29, 1.82) is 0 Å². The van der Waals surface area contributed by atoms with E-state index >= 15 is 0 Å². The fraction of sp³-hybridized carbons (Fsp3) is 0.435. The van der Waals surface area contributed by atoms with E-state index in [1.165, 1.54) is 0 Å². The summed E-state index contributed by atoms with van der Waals surface area (Å²) in [6, 6.07) is 4.12. The van der Waals surface area contributed by atoms with Crippen LogP contribution >= 0.6 is 0 Å². The van der Waals surface area contributed by atoms with E-state index in [1.807, 2.05) is 23.6 Å². The smallest absolute Gasteiger partial charge is 0.160 e. The number of morpholine rings is 1. The van der Waals surface area contributed by atoms with E-state index in [0.29, 0.717) is 24.9 Å². The first kappa shape index (κ1) is 21.3. The molecule has 4 rings (SSSR count). The van der Waals surface area contributed by atoms with Gasteiger partial charge in [-0.3, -0.25) is 5.43 Å². The summed E-state index contributed by atoms with van der Waals surface area (Å²) in [6.07, 6.45) is 7.60. The van der Waals surface area contributed by atoms with E-state index in [1.54, 1.807) is 12.3 Å². The molecule has 164 valence electrons. The lowest BCUT2D eigenvalue weighted by molar-refractivity contribution is 0.122. The zero-order valence-corrected chi connectivity index (χ0v) is 18.2. The van der Waals surface area contributed by atoms with Gasteiger partial charge in [0.15, 0.2) is 11.5 Å². The van der Waals surface area contributed by atoms with E-state index in [9.17, 15) is 0 Å². The van der Waals surface area contributed by atoms with Crippen molar-refractivity contribution in [3.05, 3.63) is 54.3 Å². The topological polar surface area (TPSA) is 79.1 Å². The zero-order valence-electron chi connectivity index (χ0n) is 18.2. The first-order valence-electron chi connectivity index (χ1n) is 10.9. The minimum Gasteiger partial charge on any atom is -0.378 e. The van der Waals surface area contributed by atoms with Crippen LogP contribution in [0.3, 0.4) is 0 Å². The van der Waals surface area contributed by atoms with Gasteiger partial charge in [0.05, 0.1) is 25.1 Å². The molecule has 0 spiro atoms. The third kappa shape index (κ3) is 5.21. The number of anilines is 2. The summed E-state index contributed by atoms with van der Waals surface area (Å²) in [6.45, 7) is 14.8. The van der Waals surface area contributed by atoms with Crippen LogP contribution in [-0.4, -0.2) is 60.2 Å². The highest BCUT2D eigenvalue weighted by Gasteiger charge is 2.22. The van der Waals surface area contributed by atoms with Gasteiger partial charge >= 0.3 is 0 Å². The molecule has 2 N–H and O–H groups in total. The second-order valence-corrected chi connectivity index (χ2v) is 8.03. The van der Waals surface area contributed by atoms with E-state index in [-0.39, 0.29) is 0 Å². The van der Waals surface area contributed by atoms with Crippen LogP contribution in [-0.2, 0) is 4.74 Å². The predicted octanol–water partition coefficient (Wildman–Crippen LogP) is 3.12. The van der Waals surface area contributed by atoms with Gasteiger partial charge in [0.25, 0.3) is 0 Å². The molecule has 4 heterocycles. The molecule has 0 radical (unpaired) electrons. The second-order valence-electron chi connectivity index (χ2n) is 8.03. The van der Waals surface area contributed by atoms with Crippen LogP contribution in [0.2, 0.25) is 0 Å². The molecule has 0 saturated carbocycles. The number of nitrogens with one attached hydrogen (secondary N) is 2. The lowest BCUT2D eigenvalue weighted by Gasteiger charge is -2.29. The Bertz CT molecular complexity index is 995. The molecule has 0 aliphatic carbocycles. The number of aromatic nitrogens is 3. The van der Waals surface area contributed by atoms with Crippen LogP contribution in [0.25, 0.3) is 5.65 Å². The highest BCUT2D eigenvalue weighted by atomic mass is 16.5. The maximum atomic E-state index is 5.54. The SMILES string of the molecule is C=CC(/C=N/Nc1cc(N2CCOCC2)n2nc(C3CCNCC3)cc2n1)=C\C(=C)C. The van der Waals surface area contributed by atoms with Crippen molar-refractivity contribution in [3.8, 4) is 0 Å². The first-order valence-corrected chi connectivity index (χ1v) is 10.9. The van der Waals surface area contributed by atoms with Crippen LogP contribution in [0.5, 0.6) is 0 Å². The van der Waals surface area contributed by atoms with Crippen molar-refractivity contribution < 1.29 is 4.74 Å². The van der Waals surface area contributed by atoms with Crippen LogP contribution < -0.4 is 15.6 Å². The number of piperidine rings is 1. The Kier molecular flexibility index (Phi) is 6.79. The number of allylic oxidation sites excluding steroid dienone is 4. The summed E-state index contributed by atoms with van der Waals surface area (Å²) in [5.74, 6) is 2.16. The molecule has 2 aromatic rings. The lowest BCUT2D eigenvalue weighted by Crippen LogP contribution is -2.37. The number of hydrazone groups is 1. The number of fused-ring (bicyclic) bond motifs is 1. The Hall–Kier alpha value is -2.97. The predicted molar refractivity (Wildman–Crippen MR) is 126 cm³/mol. The van der Waals surface area contributed by atoms with Gasteiger partial charge in [-0.05, 0) is 38.4 Å². The molecule has 0 aromatic carbocycles. The Morgan fingerprint density at radius 1 is 1.29 bits per heavy atom. The minimum atomic E-state index is 0.470. The molecule has 8 nitrogen and oxygen atoms in total. The van der Waals surface area contributed by atoms with Crippen molar-refractivity contribution in [2.45, 2.75) is 25.7 Å². The molecule has 2 aliphatic heterocycles. The third-order valence-electron chi connectivity index (χ3n) is 5.56. The molecule has 8 heteroatoms. The summed E-state index contributed by atoms with van der Waals surface area (Å²) in [5.41, 5.74) is 6.84. The molecule has 0 amide bonds. The number of hydrogen-bond donors (Lipinski definition) is 2. The molecular formula is C23H31N7O. The Balaban J connectivity index is 1.65. The van der Waals surface area contributed by atoms with E-state index < -0.39 is 0 Å². The first-order chi connectivity index (χ1) is 15.1. The van der Waals surface area contributed by atoms with Crippen molar-refractivity contribution in [2.24, 2.45) is 5.10 Å². The van der Waals surface area contributed by atoms with Crippen LogP contribution in [0.15, 0.2) is 53.7 Å². The molecule has 31 heavy (non-hydrogen) atoms. The number of rotatable bonds is 7. The van der Waals surface area contributed by atoms with Crippen LogP contribution in [0.1, 0.15) is 31.4 Å². The van der Waals surface area contributed by atoms with Gasteiger partial charge in [0, 0.05) is 31.1 Å².